The van der Waals surface area contributed by atoms with Gasteiger partial charge in [0.1, 0.15) is 11.3 Å². The van der Waals surface area contributed by atoms with Gasteiger partial charge in [-0.25, -0.2) is 4.79 Å². The molecule has 1 heterocycles. The third-order valence-electron chi connectivity index (χ3n) is 3.16. The van der Waals surface area contributed by atoms with E-state index in [1.165, 1.54) is 6.07 Å². The second kappa shape index (κ2) is 5.51. The number of ether oxygens (including phenoxy) is 2. The Morgan fingerprint density at radius 2 is 1.95 bits per heavy atom. The van der Waals surface area contributed by atoms with E-state index in [0.717, 1.165) is 10.9 Å². The number of fused-ring (bicyclic) bond motifs is 1. The third-order valence-corrected chi connectivity index (χ3v) is 3.16. The molecule has 1 aromatic carbocycles. The van der Waals surface area contributed by atoms with Gasteiger partial charge in [0.25, 0.3) is 0 Å². The van der Waals surface area contributed by atoms with E-state index < -0.39 is 0 Å². The molecule has 0 saturated heterocycles. The van der Waals surface area contributed by atoms with Crippen molar-refractivity contribution in [2.45, 2.75) is 19.4 Å². The summed E-state index contributed by atoms with van der Waals surface area (Å²) in [7, 11) is 3.25. The molecule has 2 aromatic rings. The van der Waals surface area contributed by atoms with Gasteiger partial charge in [0.05, 0.1) is 12.7 Å². The SMILES string of the molecule is COc1cc2oc(=O)ccc2cc1C=CC(C)(C)OC. The molecular formula is C16H18O4. The van der Waals surface area contributed by atoms with E-state index >= 15 is 0 Å². The van der Waals surface area contributed by atoms with Crippen molar-refractivity contribution in [3.8, 4) is 5.75 Å². The molecule has 0 bridgehead atoms. The Hall–Kier alpha value is -2.07. The predicted molar refractivity (Wildman–Crippen MR) is 79.2 cm³/mol. The maximum atomic E-state index is 11.2. The van der Waals surface area contributed by atoms with Gasteiger partial charge < -0.3 is 13.9 Å². The summed E-state index contributed by atoms with van der Waals surface area (Å²) in [4.78, 5) is 11.2. The van der Waals surface area contributed by atoms with Crippen molar-refractivity contribution in [1.29, 1.82) is 0 Å². The van der Waals surface area contributed by atoms with Crippen LogP contribution >= 0.6 is 0 Å². The fraction of sp³-hybridized carbons (Fsp3) is 0.312. The topological polar surface area (TPSA) is 48.7 Å². The first-order valence-corrected chi connectivity index (χ1v) is 6.31. The van der Waals surface area contributed by atoms with Crippen LogP contribution in [0.3, 0.4) is 0 Å². The van der Waals surface area contributed by atoms with E-state index in [0.29, 0.717) is 11.3 Å². The number of rotatable bonds is 4. The summed E-state index contributed by atoms with van der Waals surface area (Å²) < 4.78 is 15.8. The minimum Gasteiger partial charge on any atom is -0.496 e. The van der Waals surface area contributed by atoms with E-state index in [4.69, 9.17) is 13.9 Å². The van der Waals surface area contributed by atoms with Crippen LogP contribution in [0.2, 0.25) is 0 Å². The van der Waals surface area contributed by atoms with Crippen molar-refractivity contribution in [3.63, 3.8) is 0 Å². The maximum absolute atomic E-state index is 11.2. The highest BCUT2D eigenvalue weighted by atomic mass is 16.5. The molecule has 0 fully saturated rings. The van der Waals surface area contributed by atoms with Crippen LogP contribution in [0.15, 0.2) is 39.6 Å². The molecule has 0 N–H and O–H groups in total. The van der Waals surface area contributed by atoms with E-state index in [9.17, 15) is 4.79 Å². The third kappa shape index (κ3) is 3.08. The lowest BCUT2D eigenvalue weighted by Gasteiger charge is -2.17. The molecule has 0 radical (unpaired) electrons. The minimum atomic E-state index is -0.372. The Bertz CT molecular complexity index is 695. The maximum Gasteiger partial charge on any atom is 0.336 e. The summed E-state index contributed by atoms with van der Waals surface area (Å²) in [5.74, 6) is 0.648. The summed E-state index contributed by atoms with van der Waals surface area (Å²) in [6.07, 6.45) is 3.89. The first-order chi connectivity index (χ1) is 9.45. The van der Waals surface area contributed by atoms with Crippen LogP contribution in [0, 0.1) is 0 Å². The zero-order valence-electron chi connectivity index (χ0n) is 12.1. The number of hydrogen-bond donors (Lipinski definition) is 0. The summed E-state index contributed by atoms with van der Waals surface area (Å²) in [6, 6.07) is 6.77. The summed E-state index contributed by atoms with van der Waals surface area (Å²) in [5.41, 5.74) is 0.684. The van der Waals surface area contributed by atoms with Crippen molar-refractivity contribution in [2.24, 2.45) is 0 Å². The lowest BCUT2D eigenvalue weighted by atomic mass is 10.1. The fourth-order valence-electron chi connectivity index (χ4n) is 1.78. The molecule has 0 amide bonds. The van der Waals surface area contributed by atoms with Crippen LogP contribution in [-0.2, 0) is 4.74 Å². The highest BCUT2D eigenvalue weighted by Crippen LogP contribution is 2.27. The normalized spacial score (nSPS) is 12.2. The highest BCUT2D eigenvalue weighted by molar-refractivity contribution is 5.82. The van der Waals surface area contributed by atoms with E-state index in [-0.39, 0.29) is 11.2 Å². The van der Waals surface area contributed by atoms with Gasteiger partial charge in [-0.1, -0.05) is 12.2 Å². The lowest BCUT2D eigenvalue weighted by Crippen LogP contribution is -2.18. The molecule has 20 heavy (non-hydrogen) atoms. The van der Waals surface area contributed by atoms with E-state index in [1.54, 1.807) is 26.4 Å². The second-order valence-electron chi connectivity index (χ2n) is 5.03. The fourth-order valence-corrected chi connectivity index (χ4v) is 1.78. The summed E-state index contributed by atoms with van der Waals surface area (Å²) in [5, 5.41) is 0.847. The average Bonchev–Trinajstić information content (AvgIpc) is 2.44. The van der Waals surface area contributed by atoms with Crippen LogP contribution in [0.4, 0.5) is 0 Å². The smallest absolute Gasteiger partial charge is 0.336 e. The van der Waals surface area contributed by atoms with Gasteiger partial charge in [0.15, 0.2) is 0 Å². The molecule has 106 valence electrons. The first kappa shape index (κ1) is 14.3. The van der Waals surface area contributed by atoms with Crippen molar-refractivity contribution in [2.75, 3.05) is 14.2 Å². The number of hydrogen-bond acceptors (Lipinski definition) is 4. The number of methoxy groups -OCH3 is 2. The van der Waals surface area contributed by atoms with Gasteiger partial charge in [-0.05, 0) is 26.0 Å². The predicted octanol–water partition coefficient (Wildman–Crippen LogP) is 3.24. The standard InChI is InChI=1S/C16H18O4/c1-16(2,19-4)8-7-12-9-11-5-6-15(17)20-14(11)10-13(12)18-3/h5-10H,1-4H3. The van der Waals surface area contributed by atoms with Crippen LogP contribution in [-0.4, -0.2) is 19.8 Å². The molecule has 0 aliphatic carbocycles. The van der Waals surface area contributed by atoms with Crippen molar-refractivity contribution in [3.05, 3.63) is 46.3 Å². The molecule has 0 aliphatic heterocycles. The Kier molecular flexibility index (Phi) is 3.95. The minimum absolute atomic E-state index is 0.358. The highest BCUT2D eigenvalue weighted by Gasteiger charge is 2.12. The molecule has 4 heteroatoms. The Balaban J connectivity index is 2.52. The van der Waals surface area contributed by atoms with E-state index in [1.807, 2.05) is 32.1 Å². The molecule has 4 nitrogen and oxygen atoms in total. The van der Waals surface area contributed by atoms with Gasteiger partial charge in [0, 0.05) is 30.2 Å². The van der Waals surface area contributed by atoms with Crippen molar-refractivity contribution < 1.29 is 13.9 Å². The Morgan fingerprint density at radius 3 is 2.60 bits per heavy atom. The molecular weight excluding hydrogens is 256 g/mol. The van der Waals surface area contributed by atoms with Gasteiger partial charge in [-0.3, -0.25) is 0 Å². The largest absolute Gasteiger partial charge is 0.496 e. The molecule has 2 rings (SSSR count). The Morgan fingerprint density at radius 1 is 1.20 bits per heavy atom. The molecule has 0 saturated carbocycles. The van der Waals surface area contributed by atoms with E-state index in [2.05, 4.69) is 0 Å². The zero-order chi connectivity index (χ0) is 14.8. The molecule has 0 atom stereocenters. The van der Waals surface area contributed by atoms with Crippen LogP contribution in [0.25, 0.3) is 17.0 Å². The zero-order valence-corrected chi connectivity index (χ0v) is 12.1. The summed E-state index contributed by atoms with van der Waals surface area (Å²) >= 11 is 0. The van der Waals surface area contributed by atoms with Crippen molar-refractivity contribution in [1.82, 2.24) is 0 Å². The van der Waals surface area contributed by atoms with Gasteiger partial charge >= 0.3 is 5.63 Å². The number of benzene rings is 1. The molecule has 0 spiro atoms. The molecule has 0 unspecified atom stereocenters. The second-order valence-corrected chi connectivity index (χ2v) is 5.03. The van der Waals surface area contributed by atoms with Crippen molar-refractivity contribution >= 4 is 17.0 Å². The quantitative estimate of drug-likeness (QED) is 0.803. The van der Waals surface area contributed by atoms with Gasteiger partial charge in [-0.2, -0.15) is 0 Å². The monoisotopic (exact) mass is 274 g/mol. The molecule has 1 aromatic heterocycles. The van der Waals surface area contributed by atoms with Crippen LogP contribution in [0.1, 0.15) is 19.4 Å². The average molecular weight is 274 g/mol. The molecule has 0 aliphatic rings. The van der Waals surface area contributed by atoms with Gasteiger partial charge in [-0.15, -0.1) is 0 Å². The summed E-state index contributed by atoms with van der Waals surface area (Å²) in [6.45, 7) is 3.94. The van der Waals surface area contributed by atoms with Crippen LogP contribution < -0.4 is 10.4 Å². The van der Waals surface area contributed by atoms with Crippen LogP contribution in [0.5, 0.6) is 5.75 Å². The Labute approximate surface area is 117 Å². The lowest BCUT2D eigenvalue weighted by molar-refractivity contribution is 0.0663. The van der Waals surface area contributed by atoms with Gasteiger partial charge in [0.2, 0.25) is 0 Å². The first-order valence-electron chi connectivity index (χ1n) is 6.31.